The third kappa shape index (κ3) is 2.93. The average molecular weight is 250 g/mol. The smallest absolute Gasteiger partial charge is 0.0537 e. The van der Waals surface area contributed by atoms with E-state index in [2.05, 4.69) is 37.0 Å². The first-order valence-electron chi connectivity index (χ1n) is 7.13. The van der Waals surface area contributed by atoms with Crippen LogP contribution in [-0.2, 0) is 6.54 Å². The predicted octanol–water partition coefficient (Wildman–Crippen LogP) is 2.02. The maximum absolute atomic E-state index is 5.99. The molecule has 0 aromatic carbocycles. The van der Waals surface area contributed by atoms with Crippen LogP contribution in [0.15, 0.2) is 12.4 Å². The molecule has 2 heterocycles. The van der Waals surface area contributed by atoms with Crippen LogP contribution in [0.4, 0.5) is 0 Å². The van der Waals surface area contributed by atoms with Gasteiger partial charge in [0.25, 0.3) is 0 Å². The van der Waals surface area contributed by atoms with Crippen molar-refractivity contribution in [3.8, 4) is 0 Å². The Morgan fingerprint density at radius 1 is 1.39 bits per heavy atom. The molecule has 0 aliphatic carbocycles. The highest BCUT2D eigenvalue weighted by atomic mass is 15.3. The Kier molecular flexibility index (Phi) is 4.40. The minimum absolute atomic E-state index is 0.338. The molecule has 2 rings (SSSR count). The zero-order valence-electron chi connectivity index (χ0n) is 11.8. The molecule has 0 amide bonds. The summed E-state index contributed by atoms with van der Waals surface area (Å²) in [5.74, 6) is 0.701. The largest absolute Gasteiger partial charge is 0.328 e. The van der Waals surface area contributed by atoms with Gasteiger partial charge in [0, 0.05) is 30.4 Å². The van der Waals surface area contributed by atoms with Gasteiger partial charge in [0.15, 0.2) is 0 Å². The second-order valence-corrected chi connectivity index (χ2v) is 5.54. The molecule has 1 aliphatic rings. The van der Waals surface area contributed by atoms with Gasteiger partial charge in [0.2, 0.25) is 0 Å². The minimum atomic E-state index is 0.338. The summed E-state index contributed by atoms with van der Waals surface area (Å²) in [4.78, 5) is 2.55. The first kappa shape index (κ1) is 13.6. The second kappa shape index (κ2) is 5.85. The summed E-state index contributed by atoms with van der Waals surface area (Å²) in [6.07, 6.45) is 6.63. The van der Waals surface area contributed by atoms with E-state index < -0.39 is 0 Å². The summed E-state index contributed by atoms with van der Waals surface area (Å²) >= 11 is 0. The van der Waals surface area contributed by atoms with E-state index in [1.165, 1.54) is 18.4 Å². The van der Waals surface area contributed by atoms with Crippen LogP contribution in [0.2, 0.25) is 0 Å². The van der Waals surface area contributed by atoms with Crippen LogP contribution >= 0.6 is 0 Å². The van der Waals surface area contributed by atoms with Gasteiger partial charge < -0.3 is 5.73 Å². The zero-order chi connectivity index (χ0) is 13.1. The average Bonchev–Trinajstić information content (AvgIpc) is 2.86. The molecule has 1 aromatic rings. The van der Waals surface area contributed by atoms with Gasteiger partial charge >= 0.3 is 0 Å². The number of aryl methyl sites for hydroxylation is 1. The predicted molar refractivity (Wildman–Crippen MR) is 74.3 cm³/mol. The first-order valence-corrected chi connectivity index (χ1v) is 7.13. The van der Waals surface area contributed by atoms with Gasteiger partial charge in [-0.25, -0.2) is 0 Å². The highest BCUT2D eigenvalue weighted by molar-refractivity contribution is 5.10. The van der Waals surface area contributed by atoms with Crippen molar-refractivity contribution in [3.05, 3.63) is 18.0 Å². The second-order valence-electron chi connectivity index (χ2n) is 5.54. The lowest BCUT2D eigenvalue weighted by Crippen LogP contribution is -2.40. The quantitative estimate of drug-likeness (QED) is 0.889. The highest BCUT2D eigenvalue weighted by Crippen LogP contribution is 2.27. The van der Waals surface area contributed by atoms with Gasteiger partial charge in [0.1, 0.15) is 0 Å². The van der Waals surface area contributed by atoms with Crippen molar-refractivity contribution >= 4 is 0 Å². The van der Waals surface area contributed by atoms with Crippen LogP contribution in [0.5, 0.6) is 0 Å². The molecule has 4 heteroatoms. The van der Waals surface area contributed by atoms with Gasteiger partial charge in [0.05, 0.1) is 6.20 Å². The van der Waals surface area contributed by atoms with Gasteiger partial charge in [-0.1, -0.05) is 0 Å². The molecule has 1 aliphatic heterocycles. The summed E-state index contributed by atoms with van der Waals surface area (Å²) in [6.45, 7) is 9.79. The van der Waals surface area contributed by atoms with E-state index in [1.54, 1.807) is 0 Å². The molecule has 4 nitrogen and oxygen atoms in total. The van der Waals surface area contributed by atoms with Crippen LogP contribution in [0.25, 0.3) is 0 Å². The molecule has 0 spiro atoms. The van der Waals surface area contributed by atoms with Crippen LogP contribution < -0.4 is 5.73 Å². The maximum Gasteiger partial charge on any atom is 0.0537 e. The Morgan fingerprint density at radius 3 is 2.56 bits per heavy atom. The van der Waals surface area contributed by atoms with Crippen molar-refractivity contribution in [2.24, 2.45) is 11.7 Å². The molecular weight excluding hydrogens is 224 g/mol. The Bertz CT molecular complexity index is 364. The van der Waals surface area contributed by atoms with Gasteiger partial charge in [-0.05, 0) is 52.6 Å². The fourth-order valence-corrected chi connectivity index (χ4v) is 2.81. The van der Waals surface area contributed by atoms with Gasteiger partial charge in [-0.3, -0.25) is 9.58 Å². The van der Waals surface area contributed by atoms with E-state index in [9.17, 15) is 0 Å². The van der Waals surface area contributed by atoms with Crippen LogP contribution in [0.1, 0.15) is 45.2 Å². The minimum Gasteiger partial charge on any atom is -0.328 e. The Hall–Kier alpha value is -0.870. The molecule has 0 saturated carbocycles. The SMILES string of the molecule is CCn1cc(C(C)N2CCC(C(C)N)CC2)cn1. The molecule has 2 N–H and O–H groups in total. The topological polar surface area (TPSA) is 47.1 Å². The Morgan fingerprint density at radius 2 is 2.06 bits per heavy atom. The van der Waals surface area contributed by atoms with Crippen molar-refractivity contribution in [3.63, 3.8) is 0 Å². The standard InChI is InChI=1S/C14H26N4/c1-4-18-10-14(9-16-18)12(3)17-7-5-13(6-8-17)11(2)15/h9-13H,4-8,15H2,1-3H3. The van der Waals surface area contributed by atoms with Crippen LogP contribution in [0.3, 0.4) is 0 Å². The van der Waals surface area contributed by atoms with Crippen LogP contribution in [-0.4, -0.2) is 33.8 Å². The number of rotatable bonds is 4. The Balaban J connectivity index is 1.92. The number of hydrogen-bond donors (Lipinski definition) is 1. The maximum atomic E-state index is 5.99. The highest BCUT2D eigenvalue weighted by Gasteiger charge is 2.25. The van der Waals surface area contributed by atoms with E-state index in [0.29, 0.717) is 18.0 Å². The molecule has 2 atom stereocenters. The zero-order valence-corrected chi connectivity index (χ0v) is 11.8. The molecule has 1 saturated heterocycles. The number of aromatic nitrogens is 2. The fraction of sp³-hybridized carbons (Fsp3) is 0.786. The first-order chi connectivity index (χ1) is 8.61. The summed E-state index contributed by atoms with van der Waals surface area (Å²) < 4.78 is 2.00. The summed E-state index contributed by atoms with van der Waals surface area (Å²) in [5.41, 5.74) is 7.32. The van der Waals surface area contributed by atoms with Gasteiger partial charge in [-0.15, -0.1) is 0 Å². The molecule has 102 valence electrons. The Labute approximate surface area is 110 Å². The number of piperidine rings is 1. The number of nitrogens with zero attached hydrogens (tertiary/aromatic N) is 3. The number of nitrogens with two attached hydrogens (primary N) is 1. The van der Waals surface area contributed by atoms with Crippen LogP contribution in [0, 0.1) is 5.92 Å². The van der Waals surface area contributed by atoms with Crippen molar-refractivity contribution in [2.45, 2.75) is 52.2 Å². The molecule has 18 heavy (non-hydrogen) atoms. The van der Waals surface area contributed by atoms with Crippen molar-refractivity contribution < 1.29 is 0 Å². The van der Waals surface area contributed by atoms with E-state index >= 15 is 0 Å². The lowest BCUT2D eigenvalue weighted by Gasteiger charge is -2.37. The van der Waals surface area contributed by atoms with E-state index in [-0.39, 0.29) is 0 Å². The van der Waals surface area contributed by atoms with Crippen molar-refractivity contribution in [2.75, 3.05) is 13.1 Å². The molecular formula is C14H26N4. The van der Waals surface area contributed by atoms with E-state index in [1.807, 2.05) is 10.9 Å². The molecule has 0 radical (unpaired) electrons. The molecule has 0 bridgehead atoms. The lowest BCUT2D eigenvalue weighted by atomic mass is 9.90. The third-order valence-corrected chi connectivity index (χ3v) is 4.33. The number of likely N-dealkylation sites (tertiary alicyclic amines) is 1. The molecule has 1 fully saturated rings. The lowest BCUT2D eigenvalue weighted by molar-refractivity contribution is 0.132. The van der Waals surface area contributed by atoms with Gasteiger partial charge in [-0.2, -0.15) is 5.10 Å². The van der Waals surface area contributed by atoms with E-state index in [4.69, 9.17) is 5.73 Å². The molecule has 1 aromatic heterocycles. The number of hydrogen-bond acceptors (Lipinski definition) is 3. The third-order valence-electron chi connectivity index (χ3n) is 4.33. The summed E-state index contributed by atoms with van der Waals surface area (Å²) in [5, 5.41) is 4.36. The summed E-state index contributed by atoms with van der Waals surface area (Å²) in [7, 11) is 0. The monoisotopic (exact) mass is 250 g/mol. The summed E-state index contributed by atoms with van der Waals surface area (Å²) in [6, 6.07) is 0.810. The normalized spacial score (nSPS) is 22.0. The van der Waals surface area contributed by atoms with E-state index in [0.717, 1.165) is 19.6 Å². The van der Waals surface area contributed by atoms with Crippen molar-refractivity contribution in [1.82, 2.24) is 14.7 Å². The van der Waals surface area contributed by atoms with Crippen molar-refractivity contribution in [1.29, 1.82) is 0 Å². The fourth-order valence-electron chi connectivity index (χ4n) is 2.81. The molecule has 2 unspecified atom stereocenters.